The zero-order chi connectivity index (χ0) is 20.7. The molecule has 1 aromatic heterocycles. The lowest BCUT2D eigenvalue weighted by Crippen LogP contribution is -2.54. The highest BCUT2D eigenvalue weighted by molar-refractivity contribution is 8.13. The van der Waals surface area contributed by atoms with Gasteiger partial charge in [-0.1, -0.05) is 40.3 Å². The number of amides is 3. The Bertz CT molecular complexity index is 1110. The number of thioether (sulfide) groups is 1. The number of aliphatic imine (C=N–C) groups is 2. The van der Waals surface area contributed by atoms with Gasteiger partial charge in [-0.15, -0.1) is 23.1 Å². The Morgan fingerprint density at radius 2 is 2.00 bits per heavy atom. The zero-order valence-corrected chi connectivity index (χ0v) is 18.6. The second kappa shape index (κ2) is 8.02. The van der Waals surface area contributed by atoms with E-state index in [1.54, 1.807) is 19.2 Å². The first-order chi connectivity index (χ1) is 13.9. The summed E-state index contributed by atoms with van der Waals surface area (Å²) >= 11 is 15.0. The van der Waals surface area contributed by atoms with Crippen molar-refractivity contribution < 1.29 is 14.2 Å². The van der Waals surface area contributed by atoms with E-state index in [4.69, 9.17) is 23.2 Å². The van der Waals surface area contributed by atoms with E-state index in [0.717, 1.165) is 15.3 Å². The van der Waals surface area contributed by atoms with Crippen molar-refractivity contribution in [2.45, 2.75) is 5.75 Å². The van der Waals surface area contributed by atoms with Crippen LogP contribution in [0.15, 0.2) is 45.7 Å². The molecule has 2 aromatic rings. The minimum Gasteiger partial charge on any atom is -0.255 e. The summed E-state index contributed by atoms with van der Waals surface area (Å²) in [6.45, 7) is 0. The maximum Gasteiger partial charge on any atom is 0.445 e. The second-order valence-electron chi connectivity index (χ2n) is 6.43. The molecule has 0 saturated carbocycles. The lowest BCUT2D eigenvalue weighted by molar-refractivity contribution is -0.407. The normalized spacial score (nSPS) is 19.3. The van der Waals surface area contributed by atoms with E-state index in [1.807, 2.05) is 23.6 Å². The summed E-state index contributed by atoms with van der Waals surface area (Å²) < 4.78 is 1.41. The third-order valence-electron chi connectivity index (χ3n) is 4.55. The number of benzene rings is 1. The summed E-state index contributed by atoms with van der Waals surface area (Å²) in [7, 11) is 3.09. The van der Waals surface area contributed by atoms with E-state index in [0.29, 0.717) is 32.5 Å². The summed E-state index contributed by atoms with van der Waals surface area (Å²) in [5.74, 6) is 0.399. The molecule has 1 unspecified atom stereocenters. The third-order valence-corrected chi connectivity index (χ3v) is 7.25. The fraction of sp³-hybridized carbons (Fsp3) is 0.211. The Hall–Kier alpha value is -2.00. The van der Waals surface area contributed by atoms with Gasteiger partial charge in [-0.25, -0.2) is 9.79 Å². The zero-order valence-electron chi connectivity index (χ0n) is 15.4. The highest BCUT2D eigenvalue weighted by Crippen LogP contribution is 2.30. The van der Waals surface area contributed by atoms with Crippen molar-refractivity contribution in [3.05, 3.63) is 56.2 Å². The number of carbonyl (C=O) groups is 2. The van der Waals surface area contributed by atoms with E-state index in [9.17, 15) is 9.59 Å². The highest BCUT2D eigenvalue weighted by Gasteiger charge is 2.49. The maximum absolute atomic E-state index is 12.9. The van der Waals surface area contributed by atoms with Crippen LogP contribution in [0.5, 0.6) is 0 Å². The molecule has 1 aromatic carbocycles. The van der Waals surface area contributed by atoms with Gasteiger partial charge in [0.25, 0.3) is 5.84 Å². The number of carbonyl (C=O) groups excluding carboxylic acids is 2. The monoisotopic (exact) mass is 465 g/mol. The molecule has 0 fully saturated rings. The number of halogens is 2. The molecule has 4 rings (SSSR count). The van der Waals surface area contributed by atoms with Crippen LogP contribution in [-0.2, 0) is 10.5 Å². The molecule has 10 heteroatoms. The van der Waals surface area contributed by atoms with Crippen LogP contribution in [0.25, 0.3) is 0 Å². The van der Waals surface area contributed by atoms with Crippen molar-refractivity contribution in [2.24, 2.45) is 15.9 Å². The molecule has 148 valence electrons. The third kappa shape index (κ3) is 3.77. The molecule has 6 nitrogen and oxygen atoms in total. The van der Waals surface area contributed by atoms with E-state index in [-0.39, 0.29) is 5.91 Å². The van der Waals surface area contributed by atoms with Crippen molar-refractivity contribution in [2.75, 3.05) is 14.1 Å². The summed E-state index contributed by atoms with van der Waals surface area (Å²) in [5, 5.41) is 3.49. The number of hydrogen-bond acceptors (Lipinski definition) is 6. The summed E-state index contributed by atoms with van der Waals surface area (Å²) in [6, 6.07) is 8.83. The van der Waals surface area contributed by atoms with E-state index in [1.165, 1.54) is 34.7 Å². The lowest BCUT2D eigenvalue weighted by Gasteiger charge is -2.26. The quantitative estimate of drug-likeness (QED) is 0.630. The molecule has 0 spiro atoms. The predicted molar refractivity (Wildman–Crippen MR) is 119 cm³/mol. The van der Waals surface area contributed by atoms with Gasteiger partial charge in [0.1, 0.15) is 5.04 Å². The van der Waals surface area contributed by atoms with Crippen LogP contribution in [0, 0.1) is 5.92 Å². The van der Waals surface area contributed by atoms with Crippen LogP contribution in [-0.4, -0.2) is 52.2 Å². The molecule has 2 aliphatic heterocycles. The van der Waals surface area contributed by atoms with Gasteiger partial charge in [0.05, 0.1) is 29.0 Å². The van der Waals surface area contributed by atoms with Gasteiger partial charge in [0, 0.05) is 5.75 Å². The number of urea groups is 1. The summed E-state index contributed by atoms with van der Waals surface area (Å²) in [4.78, 5) is 36.5. The van der Waals surface area contributed by atoms with Crippen LogP contribution in [0.1, 0.15) is 10.4 Å². The second-order valence-corrected chi connectivity index (χ2v) is 9.19. The molecule has 0 N–H and O–H groups in total. The predicted octanol–water partition coefficient (Wildman–Crippen LogP) is 4.40. The van der Waals surface area contributed by atoms with Crippen molar-refractivity contribution in [1.82, 2.24) is 4.90 Å². The minimum atomic E-state index is -0.709. The number of hydrogen-bond donors (Lipinski definition) is 0. The average Bonchev–Trinajstić information content (AvgIpc) is 3.25. The Balaban J connectivity index is 1.73. The molecule has 3 heterocycles. The molecular formula is C19H15Cl2N4O2S2+. The molecule has 2 aliphatic rings. The Kier molecular flexibility index (Phi) is 5.61. The Labute approximate surface area is 185 Å². The van der Waals surface area contributed by atoms with Gasteiger partial charge in [0.15, 0.2) is 5.92 Å². The van der Waals surface area contributed by atoms with E-state index in [2.05, 4.69) is 9.98 Å². The SMILES string of the molecule is CN1C(=O)C2C(SCc3ccc(Cl)c(Cl)c3)=NC(c3cccs3)=NC2=[N+](C)C1=O. The van der Waals surface area contributed by atoms with Gasteiger partial charge in [-0.3, -0.25) is 4.79 Å². The van der Waals surface area contributed by atoms with E-state index >= 15 is 0 Å². The first-order valence-corrected chi connectivity index (χ1v) is 11.2. The average molecular weight is 466 g/mol. The molecule has 29 heavy (non-hydrogen) atoms. The number of rotatable bonds is 3. The summed E-state index contributed by atoms with van der Waals surface area (Å²) in [6.07, 6.45) is 0. The first-order valence-electron chi connectivity index (χ1n) is 8.57. The maximum atomic E-state index is 12.9. The highest BCUT2D eigenvalue weighted by atomic mass is 35.5. The van der Waals surface area contributed by atoms with Crippen LogP contribution < -0.4 is 0 Å². The smallest absolute Gasteiger partial charge is 0.255 e. The molecule has 3 amide bonds. The van der Waals surface area contributed by atoms with Gasteiger partial charge < -0.3 is 0 Å². The van der Waals surface area contributed by atoms with Crippen molar-refractivity contribution in [3.8, 4) is 0 Å². The van der Waals surface area contributed by atoms with Crippen LogP contribution in [0.3, 0.4) is 0 Å². The molecule has 0 saturated heterocycles. The molecule has 0 bridgehead atoms. The van der Waals surface area contributed by atoms with Crippen LogP contribution in [0.4, 0.5) is 4.79 Å². The lowest BCUT2D eigenvalue weighted by atomic mass is 10.0. The van der Waals surface area contributed by atoms with Crippen molar-refractivity contribution >= 4 is 75.0 Å². The van der Waals surface area contributed by atoms with Crippen molar-refractivity contribution in [3.63, 3.8) is 0 Å². The topological polar surface area (TPSA) is 65.1 Å². The number of nitrogens with zero attached hydrogens (tertiary/aromatic N) is 4. The van der Waals surface area contributed by atoms with Gasteiger partial charge in [-0.2, -0.15) is 9.48 Å². The molecule has 0 radical (unpaired) electrons. The first kappa shape index (κ1) is 20.3. The van der Waals surface area contributed by atoms with Gasteiger partial charge in [0.2, 0.25) is 5.84 Å². The molecule has 1 atom stereocenters. The number of fused-ring (bicyclic) bond motifs is 1. The van der Waals surface area contributed by atoms with Crippen LogP contribution >= 0.6 is 46.3 Å². The van der Waals surface area contributed by atoms with Crippen LogP contribution in [0.2, 0.25) is 10.0 Å². The number of amidine groups is 2. The van der Waals surface area contributed by atoms with Gasteiger partial charge >= 0.3 is 11.9 Å². The van der Waals surface area contributed by atoms with E-state index < -0.39 is 11.9 Å². The fourth-order valence-electron chi connectivity index (χ4n) is 2.99. The molecule has 0 aliphatic carbocycles. The standard InChI is InChI=1S/C19H15Cl2N4O2S2/c1-24-16-14(18(26)25(2)19(24)27)17(23-15(22-16)13-4-3-7-28-13)29-9-10-5-6-11(20)12(21)8-10/h3-8,14H,9H2,1-2H3/q+1. The minimum absolute atomic E-state index is 0.336. The number of thiophene rings is 1. The van der Waals surface area contributed by atoms with Gasteiger partial charge in [-0.05, 0) is 29.1 Å². The Morgan fingerprint density at radius 1 is 1.21 bits per heavy atom. The molecular weight excluding hydrogens is 451 g/mol. The largest absolute Gasteiger partial charge is 0.445 e. The Morgan fingerprint density at radius 3 is 2.69 bits per heavy atom. The fourth-order valence-corrected chi connectivity index (χ4v) is 4.99. The summed E-state index contributed by atoms with van der Waals surface area (Å²) in [5.41, 5.74) is 0.954. The number of imide groups is 1. The van der Waals surface area contributed by atoms with Crippen molar-refractivity contribution in [1.29, 1.82) is 0 Å².